The highest BCUT2D eigenvalue weighted by atomic mass is 16.1. The second kappa shape index (κ2) is 4.50. The fourth-order valence-electron chi connectivity index (χ4n) is 1.49. The summed E-state index contributed by atoms with van der Waals surface area (Å²) in [6.45, 7) is 8.83. The van der Waals surface area contributed by atoms with Crippen LogP contribution in [0.25, 0.3) is 0 Å². The molecular weight excluding hydrogens is 138 g/mol. The van der Waals surface area contributed by atoms with E-state index in [1.165, 1.54) is 0 Å². The Morgan fingerprint density at radius 3 is 2.00 bits per heavy atom. The van der Waals surface area contributed by atoms with Gasteiger partial charge in [-0.25, -0.2) is 0 Å². The van der Waals surface area contributed by atoms with E-state index in [-0.39, 0.29) is 11.8 Å². The van der Waals surface area contributed by atoms with Gasteiger partial charge in [-0.05, 0) is 26.4 Å². The molecular formula is C9H19NO. The minimum absolute atomic E-state index is 0.0972. The van der Waals surface area contributed by atoms with Crippen LogP contribution in [0.1, 0.15) is 27.7 Å². The van der Waals surface area contributed by atoms with Crippen LogP contribution in [0.2, 0.25) is 0 Å². The molecule has 0 aromatic rings. The SMILES string of the molecule is CCN(C)[C@H](C(C)=O)C(C)C. The molecule has 1 atom stereocenters. The van der Waals surface area contributed by atoms with Crippen LogP contribution in [-0.4, -0.2) is 30.3 Å². The third kappa shape index (κ3) is 3.02. The number of ketones is 1. The van der Waals surface area contributed by atoms with Gasteiger partial charge in [0.15, 0.2) is 0 Å². The van der Waals surface area contributed by atoms with Gasteiger partial charge in [0.1, 0.15) is 5.78 Å². The molecule has 0 unspecified atom stereocenters. The molecule has 0 rings (SSSR count). The number of hydrogen-bond acceptors (Lipinski definition) is 2. The Balaban J connectivity index is 4.21. The fourth-order valence-corrected chi connectivity index (χ4v) is 1.49. The van der Waals surface area contributed by atoms with Crippen molar-refractivity contribution in [3.63, 3.8) is 0 Å². The summed E-state index contributed by atoms with van der Waals surface area (Å²) < 4.78 is 0. The van der Waals surface area contributed by atoms with Gasteiger partial charge in [-0.2, -0.15) is 0 Å². The van der Waals surface area contributed by atoms with Crippen LogP contribution in [0, 0.1) is 5.92 Å². The normalized spacial score (nSPS) is 14.1. The molecule has 0 saturated carbocycles. The average molecular weight is 157 g/mol. The number of carbonyl (C=O) groups is 1. The first kappa shape index (κ1) is 10.6. The van der Waals surface area contributed by atoms with Crippen molar-refractivity contribution in [2.45, 2.75) is 33.7 Å². The monoisotopic (exact) mass is 157 g/mol. The molecule has 0 amide bonds. The minimum atomic E-state index is 0.0972. The predicted octanol–water partition coefficient (Wildman–Crippen LogP) is 1.55. The highest BCUT2D eigenvalue weighted by molar-refractivity contribution is 5.81. The van der Waals surface area contributed by atoms with Crippen LogP contribution in [0.15, 0.2) is 0 Å². The van der Waals surface area contributed by atoms with Gasteiger partial charge >= 0.3 is 0 Å². The Morgan fingerprint density at radius 2 is 1.91 bits per heavy atom. The minimum Gasteiger partial charge on any atom is -0.298 e. The van der Waals surface area contributed by atoms with Crippen molar-refractivity contribution in [2.75, 3.05) is 13.6 Å². The zero-order valence-corrected chi connectivity index (χ0v) is 8.22. The first-order valence-corrected chi connectivity index (χ1v) is 4.21. The number of nitrogens with zero attached hydrogens (tertiary/aromatic N) is 1. The molecule has 0 fully saturated rings. The summed E-state index contributed by atoms with van der Waals surface area (Å²) in [5, 5.41) is 0. The lowest BCUT2D eigenvalue weighted by Crippen LogP contribution is -2.41. The molecule has 66 valence electrons. The Labute approximate surface area is 69.6 Å². The van der Waals surface area contributed by atoms with Crippen molar-refractivity contribution in [2.24, 2.45) is 5.92 Å². The summed E-state index contributed by atoms with van der Waals surface area (Å²) >= 11 is 0. The third-order valence-corrected chi connectivity index (χ3v) is 2.02. The molecule has 0 heterocycles. The van der Waals surface area contributed by atoms with Crippen LogP contribution in [0.5, 0.6) is 0 Å². The topological polar surface area (TPSA) is 20.3 Å². The zero-order valence-electron chi connectivity index (χ0n) is 8.22. The van der Waals surface area contributed by atoms with Crippen molar-refractivity contribution >= 4 is 5.78 Å². The molecule has 0 aliphatic carbocycles. The van der Waals surface area contributed by atoms with E-state index < -0.39 is 0 Å². The summed E-state index contributed by atoms with van der Waals surface area (Å²) in [4.78, 5) is 13.2. The lowest BCUT2D eigenvalue weighted by molar-refractivity contribution is -0.123. The summed E-state index contributed by atoms with van der Waals surface area (Å²) in [5.41, 5.74) is 0. The standard InChI is InChI=1S/C9H19NO/c1-6-10(5)9(7(2)3)8(4)11/h7,9H,6H2,1-5H3/t9-/m0/s1. The largest absolute Gasteiger partial charge is 0.298 e. The second-order valence-corrected chi connectivity index (χ2v) is 3.37. The number of Topliss-reactive ketones (excluding diaryl/α,β-unsaturated/α-hetero) is 1. The number of rotatable bonds is 4. The van der Waals surface area contributed by atoms with E-state index in [1.54, 1.807) is 6.92 Å². The van der Waals surface area contributed by atoms with Crippen LogP contribution < -0.4 is 0 Å². The quantitative estimate of drug-likeness (QED) is 0.617. The van der Waals surface area contributed by atoms with Crippen molar-refractivity contribution < 1.29 is 4.79 Å². The van der Waals surface area contributed by atoms with E-state index in [1.807, 2.05) is 7.05 Å². The third-order valence-electron chi connectivity index (χ3n) is 2.02. The molecule has 0 aromatic heterocycles. The van der Waals surface area contributed by atoms with Gasteiger partial charge in [-0.1, -0.05) is 20.8 Å². The van der Waals surface area contributed by atoms with Crippen LogP contribution in [0.3, 0.4) is 0 Å². The summed E-state index contributed by atoms with van der Waals surface area (Å²) in [6.07, 6.45) is 0. The number of likely N-dealkylation sites (N-methyl/N-ethyl adjacent to an activating group) is 1. The van der Waals surface area contributed by atoms with Crippen molar-refractivity contribution in [3.8, 4) is 0 Å². The maximum atomic E-state index is 11.1. The molecule has 11 heavy (non-hydrogen) atoms. The van der Waals surface area contributed by atoms with E-state index in [4.69, 9.17) is 0 Å². The Bertz CT molecular complexity index is 132. The van der Waals surface area contributed by atoms with E-state index in [2.05, 4.69) is 25.7 Å². The van der Waals surface area contributed by atoms with E-state index in [0.29, 0.717) is 5.92 Å². The lowest BCUT2D eigenvalue weighted by atomic mass is 9.99. The van der Waals surface area contributed by atoms with Gasteiger partial charge in [-0.15, -0.1) is 0 Å². The maximum absolute atomic E-state index is 11.1. The second-order valence-electron chi connectivity index (χ2n) is 3.37. The van der Waals surface area contributed by atoms with Gasteiger partial charge in [0.25, 0.3) is 0 Å². The maximum Gasteiger partial charge on any atom is 0.147 e. The fraction of sp³-hybridized carbons (Fsp3) is 0.889. The van der Waals surface area contributed by atoms with Crippen molar-refractivity contribution in [1.82, 2.24) is 4.90 Å². The van der Waals surface area contributed by atoms with Gasteiger partial charge < -0.3 is 0 Å². The van der Waals surface area contributed by atoms with Gasteiger partial charge in [0, 0.05) is 0 Å². The summed E-state index contributed by atoms with van der Waals surface area (Å²) in [5.74, 6) is 0.682. The molecule has 0 aliphatic rings. The van der Waals surface area contributed by atoms with Gasteiger partial charge in [0.2, 0.25) is 0 Å². The molecule has 0 aromatic carbocycles. The smallest absolute Gasteiger partial charge is 0.147 e. The van der Waals surface area contributed by atoms with Crippen LogP contribution in [0.4, 0.5) is 0 Å². The highest BCUT2D eigenvalue weighted by Gasteiger charge is 2.21. The summed E-state index contributed by atoms with van der Waals surface area (Å²) in [7, 11) is 1.99. The molecule has 0 bridgehead atoms. The molecule has 0 N–H and O–H groups in total. The van der Waals surface area contributed by atoms with E-state index in [0.717, 1.165) is 6.54 Å². The summed E-state index contributed by atoms with van der Waals surface area (Å²) in [6, 6.07) is 0.0972. The molecule has 2 nitrogen and oxygen atoms in total. The van der Waals surface area contributed by atoms with Gasteiger partial charge in [0.05, 0.1) is 6.04 Å². The zero-order chi connectivity index (χ0) is 9.02. The Hall–Kier alpha value is -0.370. The van der Waals surface area contributed by atoms with Crippen molar-refractivity contribution in [3.05, 3.63) is 0 Å². The average Bonchev–Trinajstić information content (AvgIpc) is 1.85. The molecule has 0 aliphatic heterocycles. The van der Waals surface area contributed by atoms with E-state index >= 15 is 0 Å². The first-order chi connectivity index (χ1) is 5.00. The van der Waals surface area contributed by atoms with Crippen LogP contribution >= 0.6 is 0 Å². The Kier molecular flexibility index (Phi) is 4.34. The lowest BCUT2D eigenvalue weighted by Gasteiger charge is -2.27. The highest BCUT2D eigenvalue weighted by Crippen LogP contribution is 2.09. The van der Waals surface area contributed by atoms with Crippen molar-refractivity contribution in [1.29, 1.82) is 0 Å². The Morgan fingerprint density at radius 1 is 1.45 bits per heavy atom. The first-order valence-electron chi connectivity index (χ1n) is 4.21. The molecule has 0 radical (unpaired) electrons. The van der Waals surface area contributed by atoms with Crippen LogP contribution in [-0.2, 0) is 4.79 Å². The number of hydrogen-bond donors (Lipinski definition) is 0. The molecule has 0 spiro atoms. The molecule has 0 saturated heterocycles. The number of carbonyl (C=O) groups excluding carboxylic acids is 1. The van der Waals surface area contributed by atoms with E-state index in [9.17, 15) is 4.79 Å². The molecule has 2 heteroatoms. The predicted molar refractivity (Wildman–Crippen MR) is 47.6 cm³/mol. The van der Waals surface area contributed by atoms with Gasteiger partial charge in [-0.3, -0.25) is 9.69 Å².